The zero-order valence-corrected chi connectivity index (χ0v) is 19.9. The number of carbonyl (C=O) groups excluding carboxylic acids is 2. The first-order chi connectivity index (χ1) is 13.5. The number of likely N-dealkylation sites (tertiary alicyclic amines) is 1. The molecule has 1 atom stereocenters. The SMILES string of the molecule is CC(C)(CC(=O)N1CCC(O)(c2ccc(Cl)cc2)C(C)(C)C1)NC(=O)OC(C)(C)C. The van der Waals surface area contributed by atoms with Gasteiger partial charge in [0.05, 0.1) is 5.60 Å². The predicted molar refractivity (Wildman–Crippen MR) is 118 cm³/mol. The summed E-state index contributed by atoms with van der Waals surface area (Å²) in [6, 6.07) is 7.23. The summed E-state index contributed by atoms with van der Waals surface area (Å²) in [5.74, 6) is -0.0673. The molecule has 0 bridgehead atoms. The van der Waals surface area contributed by atoms with E-state index in [0.717, 1.165) is 5.56 Å². The van der Waals surface area contributed by atoms with Crippen LogP contribution < -0.4 is 5.32 Å². The van der Waals surface area contributed by atoms with Crippen molar-refractivity contribution in [3.8, 4) is 0 Å². The molecule has 0 aliphatic carbocycles. The molecule has 1 aromatic carbocycles. The van der Waals surface area contributed by atoms with E-state index in [1.165, 1.54) is 0 Å². The van der Waals surface area contributed by atoms with Gasteiger partial charge >= 0.3 is 6.09 Å². The van der Waals surface area contributed by atoms with Crippen LogP contribution in [0.2, 0.25) is 5.02 Å². The number of alkyl carbamates (subject to hydrolysis) is 1. The summed E-state index contributed by atoms with van der Waals surface area (Å²) in [6.07, 6.45) is 0.0195. The van der Waals surface area contributed by atoms with E-state index >= 15 is 0 Å². The minimum atomic E-state index is -1.06. The molecule has 1 aliphatic rings. The molecule has 6 nitrogen and oxygen atoms in total. The largest absolute Gasteiger partial charge is 0.444 e. The van der Waals surface area contributed by atoms with Crippen LogP contribution in [0.25, 0.3) is 0 Å². The smallest absolute Gasteiger partial charge is 0.408 e. The molecule has 30 heavy (non-hydrogen) atoms. The van der Waals surface area contributed by atoms with Crippen molar-refractivity contribution in [2.45, 2.75) is 78.0 Å². The van der Waals surface area contributed by atoms with Crippen LogP contribution in [-0.2, 0) is 15.1 Å². The van der Waals surface area contributed by atoms with E-state index in [1.54, 1.807) is 51.7 Å². The summed E-state index contributed by atoms with van der Waals surface area (Å²) < 4.78 is 5.30. The zero-order chi connectivity index (χ0) is 23.0. The van der Waals surface area contributed by atoms with Crippen LogP contribution in [0.5, 0.6) is 0 Å². The van der Waals surface area contributed by atoms with Crippen molar-refractivity contribution in [3.05, 3.63) is 34.9 Å². The number of benzene rings is 1. The topological polar surface area (TPSA) is 78.9 Å². The van der Waals surface area contributed by atoms with Gasteiger partial charge in [0.15, 0.2) is 0 Å². The first-order valence-corrected chi connectivity index (χ1v) is 10.7. The van der Waals surface area contributed by atoms with Crippen molar-refractivity contribution in [2.24, 2.45) is 5.41 Å². The summed E-state index contributed by atoms with van der Waals surface area (Å²) in [7, 11) is 0. The van der Waals surface area contributed by atoms with Gasteiger partial charge in [-0.05, 0) is 58.7 Å². The molecular formula is C23H35ClN2O4. The molecule has 0 aromatic heterocycles. The third-order valence-electron chi connectivity index (χ3n) is 5.56. The molecule has 1 aromatic rings. The van der Waals surface area contributed by atoms with Gasteiger partial charge in [0.1, 0.15) is 5.60 Å². The van der Waals surface area contributed by atoms with E-state index in [2.05, 4.69) is 5.32 Å². The van der Waals surface area contributed by atoms with Crippen molar-refractivity contribution < 1.29 is 19.4 Å². The summed E-state index contributed by atoms with van der Waals surface area (Å²) >= 11 is 5.99. The van der Waals surface area contributed by atoms with E-state index in [9.17, 15) is 14.7 Å². The minimum absolute atomic E-state index is 0.0673. The Hall–Kier alpha value is -1.79. The standard InChI is InChI=1S/C23H35ClN2O4/c1-20(2,3)30-19(28)25-22(6,7)14-18(27)26-13-12-23(29,21(4,5)15-26)16-8-10-17(24)11-9-16/h8-11,29H,12-15H2,1-7H3,(H,25,28). The number of amides is 2. The summed E-state index contributed by atoms with van der Waals surface area (Å²) in [6.45, 7) is 13.8. The maximum absolute atomic E-state index is 13.0. The second kappa shape index (κ2) is 8.39. The van der Waals surface area contributed by atoms with Crippen molar-refractivity contribution >= 4 is 23.6 Å². The summed E-state index contributed by atoms with van der Waals surface area (Å²) in [5, 5.41) is 14.9. The van der Waals surface area contributed by atoms with Gasteiger partial charge in [0.2, 0.25) is 5.91 Å². The number of piperidine rings is 1. The molecule has 0 saturated carbocycles. The Morgan fingerprint density at radius 1 is 1.17 bits per heavy atom. The maximum atomic E-state index is 13.0. The number of hydrogen-bond donors (Lipinski definition) is 2. The Morgan fingerprint density at radius 3 is 2.23 bits per heavy atom. The van der Waals surface area contributed by atoms with E-state index < -0.39 is 28.2 Å². The lowest BCUT2D eigenvalue weighted by Gasteiger charge is -2.51. The maximum Gasteiger partial charge on any atom is 0.408 e. The molecule has 1 saturated heterocycles. The Labute approximate surface area is 184 Å². The molecule has 7 heteroatoms. The molecule has 0 radical (unpaired) electrons. The summed E-state index contributed by atoms with van der Waals surface area (Å²) in [5.41, 5.74) is -2.17. The van der Waals surface area contributed by atoms with Crippen molar-refractivity contribution in [2.75, 3.05) is 13.1 Å². The average Bonchev–Trinajstić information content (AvgIpc) is 2.54. The van der Waals surface area contributed by atoms with Gasteiger partial charge in [-0.1, -0.05) is 37.6 Å². The summed E-state index contributed by atoms with van der Waals surface area (Å²) in [4.78, 5) is 26.9. The zero-order valence-electron chi connectivity index (χ0n) is 19.1. The van der Waals surface area contributed by atoms with Gasteiger partial charge in [0, 0.05) is 35.5 Å². The lowest BCUT2D eigenvalue weighted by Crippen LogP contribution is -2.58. The average molecular weight is 439 g/mol. The number of nitrogens with zero attached hydrogens (tertiary/aromatic N) is 1. The molecule has 1 fully saturated rings. The molecule has 2 rings (SSSR count). The molecule has 2 amide bonds. The molecule has 1 heterocycles. The highest BCUT2D eigenvalue weighted by molar-refractivity contribution is 6.30. The fraction of sp³-hybridized carbons (Fsp3) is 0.652. The van der Waals surface area contributed by atoms with Crippen LogP contribution in [0, 0.1) is 5.41 Å². The third-order valence-corrected chi connectivity index (χ3v) is 5.81. The minimum Gasteiger partial charge on any atom is -0.444 e. The second-order valence-corrected chi connectivity index (χ2v) is 10.9. The van der Waals surface area contributed by atoms with Crippen LogP contribution in [0.4, 0.5) is 4.79 Å². The van der Waals surface area contributed by atoms with Gasteiger partial charge in [-0.2, -0.15) is 0 Å². The molecule has 2 N–H and O–H groups in total. The van der Waals surface area contributed by atoms with Gasteiger partial charge in [-0.15, -0.1) is 0 Å². The monoisotopic (exact) mass is 438 g/mol. The van der Waals surface area contributed by atoms with Gasteiger partial charge in [-0.25, -0.2) is 4.79 Å². The van der Waals surface area contributed by atoms with Crippen molar-refractivity contribution in [1.29, 1.82) is 0 Å². The normalized spacial score (nSPS) is 21.8. The third kappa shape index (κ3) is 5.88. The number of ether oxygens (including phenoxy) is 1. The highest BCUT2D eigenvalue weighted by Gasteiger charge is 2.49. The van der Waals surface area contributed by atoms with Crippen molar-refractivity contribution in [3.63, 3.8) is 0 Å². The van der Waals surface area contributed by atoms with E-state index in [4.69, 9.17) is 16.3 Å². The molecular weight excluding hydrogens is 404 g/mol. The fourth-order valence-electron chi connectivity index (χ4n) is 3.91. The van der Waals surface area contributed by atoms with Crippen LogP contribution >= 0.6 is 11.6 Å². The Balaban J connectivity index is 2.05. The van der Waals surface area contributed by atoms with Crippen LogP contribution in [0.1, 0.15) is 66.9 Å². The Kier molecular flexibility index (Phi) is 6.84. The van der Waals surface area contributed by atoms with E-state index in [0.29, 0.717) is 24.5 Å². The number of aliphatic hydroxyl groups is 1. The van der Waals surface area contributed by atoms with Gasteiger partial charge in [-0.3, -0.25) is 4.79 Å². The Morgan fingerprint density at radius 2 is 1.73 bits per heavy atom. The molecule has 168 valence electrons. The number of carbonyl (C=O) groups is 2. The van der Waals surface area contributed by atoms with Crippen LogP contribution in [0.3, 0.4) is 0 Å². The van der Waals surface area contributed by atoms with E-state index in [1.807, 2.05) is 26.0 Å². The number of hydrogen-bond acceptors (Lipinski definition) is 4. The second-order valence-electron chi connectivity index (χ2n) is 10.5. The first kappa shape index (κ1) is 24.5. The van der Waals surface area contributed by atoms with Gasteiger partial charge < -0.3 is 20.1 Å². The predicted octanol–water partition coefficient (Wildman–Crippen LogP) is 4.48. The van der Waals surface area contributed by atoms with Gasteiger partial charge in [0.25, 0.3) is 0 Å². The van der Waals surface area contributed by atoms with Crippen LogP contribution in [-0.4, -0.2) is 46.2 Å². The lowest BCUT2D eigenvalue weighted by molar-refractivity contribution is -0.154. The molecule has 0 spiro atoms. The molecule has 1 unspecified atom stereocenters. The lowest BCUT2D eigenvalue weighted by atomic mass is 9.66. The van der Waals surface area contributed by atoms with Crippen LogP contribution in [0.15, 0.2) is 24.3 Å². The van der Waals surface area contributed by atoms with E-state index in [-0.39, 0.29) is 12.3 Å². The first-order valence-electron chi connectivity index (χ1n) is 10.3. The number of nitrogens with one attached hydrogen (secondary N) is 1. The quantitative estimate of drug-likeness (QED) is 0.726. The fourth-order valence-corrected chi connectivity index (χ4v) is 4.04. The highest BCUT2D eigenvalue weighted by atomic mass is 35.5. The molecule has 1 aliphatic heterocycles. The number of halogens is 1. The Bertz CT molecular complexity index is 783. The number of rotatable bonds is 4. The van der Waals surface area contributed by atoms with Crippen molar-refractivity contribution in [1.82, 2.24) is 10.2 Å². The highest BCUT2D eigenvalue weighted by Crippen LogP contribution is 2.46.